The third-order valence-corrected chi connectivity index (χ3v) is 10.4. The minimum absolute atomic E-state index is 0.117. The fourth-order valence-electron chi connectivity index (χ4n) is 6.87. The minimum atomic E-state index is -0.356. The van der Waals surface area contributed by atoms with E-state index in [0.717, 1.165) is 48.4 Å². The predicted molar refractivity (Wildman–Crippen MR) is 202 cm³/mol. The van der Waals surface area contributed by atoms with E-state index in [9.17, 15) is 19.2 Å². The highest BCUT2D eigenvalue weighted by molar-refractivity contribution is 9.10. The maximum atomic E-state index is 12.9. The molecule has 2 aliphatic rings. The summed E-state index contributed by atoms with van der Waals surface area (Å²) in [7, 11) is 1.85. The molecule has 2 aliphatic heterocycles. The molecular weight excluding hydrogens is 742 g/mol. The van der Waals surface area contributed by atoms with Crippen molar-refractivity contribution in [1.29, 1.82) is 0 Å². The van der Waals surface area contributed by atoms with Crippen LogP contribution in [0.2, 0.25) is 0 Å². The molecule has 0 bridgehead atoms. The van der Waals surface area contributed by atoms with Crippen LogP contribution in [-0.4, -0.2) is 73.5 Å². The predicted octanol–water partition coefficient (Wildman–Crippen LogP) is 5.04. The fourth-order valence-corrected chi connectivity index (χ4v) is 7.25. The van der Waals surface area contributed by atoms with Crippen molar-refractivity contribution in [1.82, 2.24) is 40.7 Å². The monoisotopic (exact) mass is 781 g/mol. The summed E-state index contributed by atoms with van der Waals surface area (Å²) in [4.78, 5) is 64.2. The Morgan fingerprint density at radius 3 is 2.49 bits per heavy atom. The number of aryl methyl sites for hydroxylation is 2. The first-order valence-corrected chi connectivity index (χ1v) is 18.3. The van der Waals surface area contributed by atoms with Gasteiger partial charge in [0.2, 0.25) is 17.7 Å². The van der Waals surface area contributed by atoms with Gasteiger partial charge in [0, 0.05) is 68.7 Å². The van der Waals surface area contributed by atoms with Crippen LogP contribution in [-0.2, 0) is 21.4 Å². The number of fused-ring (bicyclic) bond motifs is 1. The number of piperidine rings is 2. The van der Waals surface area contributed by atoms with Crippen molar-refractivity contribution in [2.45, 2.75) is 57.4 Å². The van der Waals surface area contributed by atoms with Gasteiger partial charge >= 0.3 is 0 Å². The Labute approximate surface area is 314 Å². The lowest BCUT2D eigenvalue weighted by Crippen LogP contribution is -2.53. The van der Waals surface area contributed by atoms with E-state index in [1.807, 2.05) is 44.4 Å². The van der Waals surface area contributed by atoms with Crippen molar-refractivity contribution < 1.29 is 23.9 Å². The number of ether oxygens (including phenoxy) is 1. The van der Waals surface area contributed by atoms with Gasteiger partial charge < -0.3 is 25.3 Å². The number of aromatic nitrogens is 5. The maximum Gasteiger partial charge on any atom is 0.251 e. The van der Waals surface area contributed by atoms with Gasteiger partial charge in [-0.2, -0.15) is 5.10 Å². The molecule has 3 aromatic heterocycles. The molecule has 0 radical (unpaired) electrons. The molecule has 53 heavy (non-hydrogen) atoms. The van der Waals surface area contributed by atoms with Gasteiger partial charge in [0.15, 0.2) is 11.4 Å². The molecule has 4 amide bonds. The normalized spacial score (nSPS) is 17.1. The second-order valence-corrected chi connectivity index (χ2v) is 14.7. The number of aromatic amines is 1. The van der Waals surface area contributed by atoms with Gasteiger partial charge in [-0.25, -0.2) is 9.97 Å². The third-order valence-electron chi connectivity index (χ3n) is 9.88. The summed E-state index contributed by atoms with van der Waals surface area (Å²) in [5, 5.41) is 12.8. The molecular formula is C38H40BrN9O5. The van der Waals surface area contributed by atoms with Gasteiger partial charge in [0.1, 0.15) is 17.1 Å². The van der Waals surface area contributed by atoms with Crippen molar-refractivity contribution in [3.05, 3.63) is 82.2 Å². The number of amides is 4. The molecule has 5 aromatic rings. The van der Waals surface area contributed by atoms with E-state index >= 15 is 0 Å². The summed E-state index contributed by atoms with van der Waals surface area (Å²) in [5.41, 5.74) is 4.87. The number of nitrogens with zero attached hydrogens (tertiary/aromatic N) is 5. The van der Waals surface area contributed by atoms with Crippen LogP contribution in [0.25, 0.3) is 22.6 Å². The van der Waals surface area contributed by atoms with Gasteiger partial charge in [0.25, 0.3) is 5.91 Å². The SMILES string of the molecule is Cc1nn(C)cc1-c1nc2ncc(Br)c(Oc3ccc(C(=O)NCCC(=O)NC4(C)CCN(c5ccc([C@@H]6CCC(=O)NC6=O)cc5)CC4)cc3)c2[nH]1. The van der Waals surface area contributed by atoms with Crippen molar-refractivity contribution >= 4 is 56.4 Å². The highest BCUT2D eigenvalue weighted by Gasteiger charge is 2.32. The van der Waals surface area contributed by atoms with E-state index in [1.54, 1.807) is 35.1 Å². The van der Waals surface area contributed by atoms with Crippen LogP contribution in [0.4, 0.5) is 5.69 Å². The van der Waals surface area contributed by atoms with Crippen molar-refractivity contribution in [3.63, 3.8) is 0 Å². The average Bonchev–Trinajstić information content (AvgIpc) is 3.72. The standard InChI is InChI=1S/C38H40BrN9O5/c1-22-28(21-47(3)46-22)34-43-32-33(29(39)20-41-35(32)44-34)53-26-10-6-24(7-11-26)36(51)40-17-14-31(50)45-38(2)15-18-48(19-16-38)25-8-4-23(5-9-25)27-12-13-30(49)42-37(27)52/h4-11,20-21,27H,12-19H2,1-3H3,(H,40,51)(H,45,50)(H,41,43,44)(H,42,49,52)/t27-/m0/s1. The molecule has 0 spiro atoms. The Morgan fingerprint density at radius 1 is 1.08 bits per heavy atom. The van der Waals surface area contributed by atoms with Gasteiger partial charge in [-0.1, -0.05) is 12.1 Å². The fraction of sp³-hybridized carbons (Fsp3) is 0.342. The highest BCUT2D eigenvalue weighted by atomic mass is 79.9. The van der Waals surface area contributed by atoms with E-state index in [2.05, 4.69) is 63.8 Å². The van der Waals surface area contributed by atoms with E-state index < -0.39 is 0 Å². The largest absolute Gasteiger partial charge is 0.454 e. The smallest absolute Gasteiger partial charge is 0.251 e. The Hall–Kier alpha value is -5.57. The average molecular weight is 783 g/mol. The van der Waals surface area contributed by atoms with Crippen LogP contribution in [0.5, 0.6) is 11.5 Å². The molecule has 0 saturated carbocycles. The molecule has 0 aliphatic carbocycles. The second kappa shape index (κ2) is 14.8. The van der Waals surface area contributed by atoms with Crippen molar-refractivity contribution in [3.8, 4) is 22.9 Å². The molecule has 14 nitrogen and oxygen atoms in total. The first-order chi connectivity index (χ1) is 25.4. The Bertz CT molecular complexity index is 2190. The zero-order valence-electron chi connectivity index (χ0n) is 29.7. The Balaban J connectivity index is 0.872. The summed E-state index contributed by atoms with van der Waals surface area (Å²) in [6.07, 6.45) is 6.08. The number of anilines is 1. The number of benzene rings is 2. The second-order valence-electron chi connectivity index (χ2n) is 13.8. The first kappa shape index (κ1) is 35.8. The van der Waals surface area contributed by atoms with Crippen LogP contribution in [0.3, 0.4) is 0 Å². The lowest BCUT2D eigenvalue weighted by molar-refractivity contribution is -0.134. The number of halogens is 1. The van der Waals surface area contributed by atoms with Gasteiger partial charge in [-0.05, 0) is 91.0 Å². The van der Waals surface area contributed by atoms with Gasteiger partial charge in [-0.3, -0.25) is 29.2 Å². The number of carbonyl (C=O) groups is 4. The third kappa shape index (κ3) is 7.94. The number of imide groups is 1. The van der Waals surface area contributed by atoms with Crippen molar-refractivity contribution in [2.75, 3.05) is 24.5 Å². The number of rotatable bonds is 10. The molecule has 2 aromatic carbocycles. The van der Waals surface area contributed by atoms with Gasteiger partial charge in [-0.15, -0.1) is 0 Å². The van der Waals surface area contributed by atoms with E-state index in [1.165, 1.54) is 0 Å². The number of imidazole rings is 1. The highest BCUT2D eigenvalue weighted by Crippen LogP contribution is 2.36. The van der Waals surface area contributed by atoms with Crippen LogP contribution in [0.1, 0.15) is 66.6 Å². The summed E-state index contributed by atoms with van der Waals surface area (Å²) in [6.45, 7) is 5.70. The minimum Gasteiger partial charge on any atom is -0.454 e. The Morgan fingerprint density at radius 2 is 1.81 bits per heavy atom. The summed E-state index contributed by atoms with van der Waals surface area (Å²) < 4.78 is 8.58. The molecule has 4 N–H and O–H groups in total. The lowest BCUT2D eigenvalue weighted by atomic mass is 9.88. The van der Waals surface area contributed by atoms with Gasteiger partial charge in [0.05, 0.1) is 21.6 Å². The lowest BCUT2D eigenvalue weighted by Gasteiger charge is -2.41. The molecule has 7 rings (SSSR count). The quantitative estimate of drug-likeness (QED) is 0.142. The van der Waals surface area contributed by atoms with E-state index in [-0.39, 0.29) is 48.1 Å². The van der Waals surface area contributed by atoms with Crippen LogP contribution in [0.15, 0.2) is 65.4 Å². The number of hydrogen-bond donors (Lipinski definition) is 4. The summed E-state index contributed by atoms with van der Waals surface area (Å²) >= 11 is 3.53. The summed E-state index contributed by atoms with van der Waals surface area (Å²) in [6, 6.07) is 14.7. The number of hydrogen-bond acceptors (Lipinski definition) is 9. The number of nitrogens with one attached hydrogen (secondary N) is 4. The molecule has 2 fully saturated rings. The zero-order chi connectivity index (χ0) is 37.3. The zero-order valence-corrected chi connectivity index (χ0v) is 31.2. The number of H-pyrrole nitrogens is 1. The van der Waals surface area contributed by atoms with Crippen LogP contribution >= 0.6 is 15.9 Å². The number of carbonyl (C=O) groups excluding carboxylic acids is 4. The first-order valence-electron chi connectivity index (χ1n) is 17.6. The molecule has 1 atom stereocenters. The molecule has 15 heteroatoms. The summed E-state index contributed by atoms with van der Waals surface area (Å²) in [5.74, 6) is 0.499. The number of pyridine rings is 1. The molecule has 2 saturated heterocycles. The molecule has 274 valence electrons. The maximum absolute atomic E-state index is 12.9. The van der Waals surface area contributed by atoms with Crippen molar-refractivity contribution in [2.24, 2.45) is 7.05 Å². The molecule has 0 unspecified atom stereocenters. The molecule has 5 heterocycles. The van der Waals surface area contributed by atoms with Crippen LogP contribution < -0.4 is 25.6 Å². The van der Waals surface area contributed by atoms with Crippen LogP contribution in [0, 0.1) is 6.92 Å². The topological polar surface area (TPSA) is 176 Å². The Kier molecular flexibility index (Phi) is 10.0. The van der Waals surface area contributed by atoms with E-state index in [4.69, 9.17) is 4.74 Å². The van der Waals surface area contributed by atoms with E-state index in [0.29, 0.717) is 51.4 Å².